The molecule has 1 aliphatic heterocycles. The number of nitrogens with one attached hydrogen (secondary N) is 1. The highest BCUT2D eigenvalue weighted by molar-refractivity contribution is 7.91. The molecule has 4 rings (SSSR count). The first-order valence-electron chi connectivity index (χ1n) is 11.3. The van der Waals surface area contributed by atoms with E-state index >= 15 is 0 Å². The van der Waals surface area contributed by atoms with Crippen LogP contribution in [0, 0.1) is 6.92 Å². The second kappa shape index (κ2) is 10.4. The number of hydrogen-bond donors (Lipinski definition) is 1. The van der Waals surface area contributed by atoms with E-state index in [2.05, 4.69) is 15.3 Å². The molecule has 1 N–H and O–H groups in total. The summed E-state index contributed by atoms with van der Waals surface area (Å²) in [6.45, 7) is 3.19. The predicted molar refractivity (Wildman–Crippen MR) is 127 cm³/mol. The van der Waals surface area contributed by atoms with Crippen LogP contribution in [-0.2, 0) is 22.0 Å². The zero-order chi connectivity index (χ0) is 23.3. The number of pyridine rings is 1. The van der Waals surface area contributed by atoms with Crippen LogP contribution >= 0.6 is 0 Å². The molecule has 0 saturated carbocycles. The Hall–Kier alpha value is -2.84. The molecule has 2 aromatic heterocycles. The predicted octanol–water partition coefficient (Wildman–Crippen LogP) is 3.92. The first-order valence-corrected chi connectivity index (χ1v) is 13.0. The largest absolute Gasteiger partial charge is 0.441 e. The van der Waals surface area contributed by atoms with Crippen molar-refractivity contribution in [2.75, 3.05) is 13.1 Å². The minimum atomic E-state index is -3.29. The quantitative estimate of drug-likeness (QED) is 0.476. The molecule has 3 heterocycles. The van der Waals surface area contributed by atoms with E-state index in [1.807, 2.05) is 18.3 Å². The van der Waals surface area contributed by atoms with Crippen molar-refractivity contribution in [2.45, 2.75) is 50.0 Å². The van der Waals surface area contributed by atoms with Crippen LogP contribution in [0.15, 0.2) is 53.2 Å². The molecule has 0 aliphatic carbocycles. The maximum atomic E-state index is 12.8. The van der Waals surface area contributed by atoms with E-state index < -0.39 is 9.84 Å². The molecule has 0 atom stereocenters. The molecule has 0 bridgehead atoms. The molecule has 0 amide bonds. The molecule has 8 heteroatoms. The van der Waals surface area contributed by atoms with Crippen LogP contribution in [0.5, 0.6) is 0 Å². The van der Waals surface area contributed by atoms with Crippen LogP contribution in [0.3, 0.4) is 0 Å². The van der Waals surface area contributed by atoms with Gasteiger partial charge in [0.15, 0.2) is 15.6 Å². The van der Waals surface area contributed by atoms with Gasteiger partial charge >= 0.3 is 0 Å². The Kier molecular flexibility index (Phi) is 7.35. The van der Waals surface area contributed by atoms with Crippen LogP contribution < -0.4 is 5.32 Å². The van der Waals surface area contributed by atoms with Crippen LogP contribution in [0.25, 0.3) is 11.5 Å². The first kappa shape index (κ1) is 23.3. The third kappa shape index (κ3) is 5.94. The monoisotopic (exact) mass is 467 g/mol. The van der Waals surface area contributed by atoms with Gasteiger partial charge in [0.05, 0.1) is 16.7 Å². The van der Waals surface area contributed by atoms with E-state index in [1.165, 1.54) is 0 Å². The van der Waals surface area contributed by atoms with Gasteiger partial charge in [0.2, 0.25) is 5.89 Å². The minimum absolute atomic E-state index is 0.0859. The molecule has 1 fully saturated rings. The first-order chi connectivity index (χ1) is 15.9. The second-order valence-corrected chi connectivity index (χ2v) is 10.8. The summed E-state index contributed by atoms with van der Waals surface area (Å²) in [4.78, 5) is 21.1. The lowest BCUT2D eigenvalue weighted by Crippen LogP contribution is -2.36. The van der Waals surface area contributed by atoms with Crippen LogP contribution in [0.1, 0.15) is 53.1 Å². The van der Waals surface area contributed by atoms with E-state index in [-0.39, 0.29) is 16.8 Å². The Morgan fingerprint density at radius 2 is 1.91 bits per heavy atom. The number of carbonyl (C=O) groups is 1. The molecule has 3 aromatic rings. The standard InChI is InChI=1S/C25H29N3O4S/c1-18-23(17-33(30,31)22-11-14-26-15-12-22)28-25(32-18)21-9-7-20(8-10-21)24(29)6-2-4-19-5-3-13-27-16-19/h3,5,7-10,13,16,22,26H,2,4,6,11-12,14-15,17H2,1H3. The van der Waals surface area contributed by atoms with Crippen molar-refractivity contribution in [3.05, 3.63) is 71.4 Å². The van der Waals surface area contributed by atoms with E-state index in [4.69, 9.17) is 4.42 Å². The van der Waals surface area contributed by atoms with Crippen molar-refractivity contribution in [3.8, 4) is 11.5 Å². The van der Waals surface area contributed by atoms with E-state index in [9.17, 15) is 13.2 Å². The van der Waals surface area contributed by atoms with Crippen molar-refractivity contribution in [1.82, 2.24) is 15.3 Å². The summed E-state index contributed by atoms with van der Waals surface area (Å²) in [6, 6.07) is 11.0. The molecule has 1 aliphatic rings. The number of oxazole rings is 1. The topological polar surface area (TPSA) is 102 Å². The fourth-order valence-corrected chi connectivity index (χ4v) is 5.93. The number of hydrogen-bond acceptors (Lipinski definition) is 7. The summed E-state index contributed by atoms with van der Waals surface area (Å²) < 4.78 is 31.4. The number of aryl methyl sites for hydroxylation is 2. The van der Waals surface area contributed by atoms with Gasteiger partial charge in [-0.25, -0.2) is 13.4 Å². The Labute approximate surface area is 194 Å². The van der Waals surface area contributed by atoms with Gasteiger partial charge in [0.1, 0.15) is 5.76 Å². The number of aromatic nitrogens is 2. The van der Waals surface area contributed by atoms with Gasteiger partial charge in [0, 0.05) is 29.9 Å². The van der Waals surface area contributed by atoms with Crippen molar-refractivity contribution in [1.29, 1.82) is 0 Å². The highest BCUT2D eigenvalue weighted by Crippen LogP contribution is 2.26. The number of ketones is 1. The molecule has 1 saturated heterocycles. The number of rotatable bonds is 9. The summed E-state index contributed by atoms with van der Waals surface area (Å²) in [5.41, 5.74) is 2.94. The summed E-state index contributed by atoms with van der Waals surface area (Å²) in [7, 11) is -3.29. The average Bonchev–Trinajstić information content (AvgIpc) is 3.20. The summed E-state index contributed by atoms with van der Waals surface area (Å²) in [5.74, 6) is 0.861. The van der Waals surface area contributed by atoms with Gasteiger partial charge in [-0.3, -0.25) is 9.78 Å². The zero-order valence-corrected chi connectivity index (χ0v) is 19.6. The Morgan fingerprint density at radius 1 is 1.15 bits per heavy atom. The third-order valence-corrected chi connectivity index (χ3v) is 8.23. The lowest BCUT2D eigenvalue weighted by Gasteiger charge is -2.22. The van der Waals surface area contributed by atoms with Crippen LogP contribution in [-0.4, -0.2) is 42.5 Å². The van der Waals surface area contributed by atoms with Gasteiger partial charge in [-0.2, -0.15) is 0 Å². The van der Waals surface area contributed by atoms with E-state index in [0.717, 1.165) is 37.1 Å². The van der Waals surface area contributed by atoms with Crippen molar-refractivity contribution >= 4 is 15.6 Å². The maximum Gasteiger partial charge on any atom is 0.226 e. The number of carbonyl (C=O) groups excluding carboxylic acids is 1. The fraction of sp³-hybridized carbons (Fsp3) is 0.400. The van der Waals surface area contributed by atoms with E-state index in [1.54, 1.807) is 37.4 Å². The van der Waals surface area contributed by atoms with Gasteiger partial charge in [-0.1, -0.05) is 18.2 Å². The highest BCUT2D eigenvalue weighted by Gasteiger charge is 2.29. The smallest absolute Gasteiger partial charge is 0.226 e. The SMILES string of the molecule is Cc1oc(-c2ccc(C(=O)CCCc3cccnc3)cc2)nc1CS(=O)(=O)C1CCNCC1. The fourth-order valence-electron chi connectivity index (χ4n) is 4.09. The Bertz CT molecular complexity index is 1180. The Balaban J connectivity index is 1.38. The molecule has 0 unspecified atom stereocenters. The second-order valence-electron chi connectivity index (χ2n) is 8.49. The lowest BCUT2D eigenvalue weighted by molar-refractivity contribution is 0.0980. The van der Waals surface area contributed by atoms with Crippen molar-refractivity contribution in [3.63, 3.8) is 0 Å². The van der Waals surface area contributed by atoms with Crippen LogP contribution in [0.2, 0.25) is 0 Å². The Morgan fingerprint density at radius 3 is 2.61 bits per heavy atom. The van der Waals surface area contributed by atoms with Gasteiger partial charge in [0.25, 0.3) is 0 Å². The van der Waals surface area contributed by atoms with Gasteiger partial charge < -0.3 is 9.73 Å². The number of benzene rings is 1. The molecule has 0 radical (unpaired) electrons. The number of sulfone groups is 1. The number of piperidine rings is 1. The summed E-state index contributed by atoms with van der Waals surface area (Å²) in [6.07, 6.45) is 6.86. The molecule has 33 heavy (non-hydrogen) atoms. The van der Waals surface area contributed by atoms with Gasteiger partial charge in [-0.05, 0) is 69.5 Å². The maximum absolute atomic E-state index is 12.8. The summed E-state index contributed by atoms with van der Waals surface area (Å²) >= 11 is 0. The van der Waals surface area contributed by atoms with Gasteiger partial charge in [-0.15, -0.1) is 0 Å². The average molecular weight is 468 g/mol. The number of Topliss-reactive ketones (excluding diaryl/α,β-unsaturated/α-hetero) is 1. The summed E-state index contributed by atoms with van der Waals surface area (Å²) in [5, 5.41) is 2.86. The third-order valence-electron chi connectivity index (χ3n) is 6.07. The van der Waals surface area contributed by atoms with Crippen LogP contribution in [0.4, 0.5) is 0 Å². The molecular formula is C25H29N3O4S. The molecule has 174 valence electrons. The van der Waals surface area contributed by atoms with E-state index in [0.29, 0.717) is 42.2 Å². The highest BCUT2D eigenvalue weighted by atomic mass is 32.2. The minimum Gasteiger partial charge on any atom is -0.441 e. The molecule has 1 aromatic carbocycles. The lowest BCUT2D eigenvalue weighted by atomic mass is 10.0. The zero-order valence-electron chi connectivity index (χ0n) is 18.8. The molecule has 0 spiro atoms. The normalized spacial score (nSPS) is 14.9. The molecule has 7 nitrogen and oxygen atoms in total. The molecular weight excluding hydrogens is 438 g/mol. The van der Waals surface area contributed by atoms with Crippen molar-refractivity contribution in [2.24, 2.45) is 0 Å². The van der Waals surface area contributed by atoms with Crippen molar-refractivity contribution < 1.29 is 17.6 Å². The number of nitrogens with zero attached hydrogens (tertiary/aromatic N) is 2.